The van der Waals surface area contributed by atoms with Gasteiger partial charge in [0.05, 0.1) is 19.4 Å². The van der Waals surface area contributed by atoms with E-state index in [-0.39, 0.29) is 12.1 Å². The molecule has 0 bridgehead atoms. The molecule has 1 heterocycles. The minimum absolute atomic E-state index is 0.0235. The number of nitrogens with one attached hydrogen (secondary N) is 1. The van der Waals surface area contributed by atoms with Crippen molar-refractivity contribution in [3.05, 3.63) is 82.8 Å². The molecule has 3 aromatic rings. The van der Waals surface area contributed by atoms with Gasteiger partial charge in [0.2, 0.25) is 0 Å². The van der Waals surface area contributed by atoms with E-state index in [1.165, 1.54) is 12.3 Å². The summed E-state index contributed by atoms with van der Waals surface area (Å²) in [5, 5.41) is 12.1. The second kappa shape index (κ2) is 12.2. The van der Waals surface area contributed by atoms with E-state index in [1.807, 2.05) is 45.0 Å². The Kier molecular flexibility index (Phi) is 8.75. The van der Waals surface area contributed by atoms with Crippen molar-refractivity contribution in [3.63, 3.8) is 0 Å². The molecule has 3 rings (SSSR count). The molecule has 176 valence electrons. The fourth-order valence-corrected chi connectivity index (χ4v) is 3.32. The fraction of sp³-hybridized carbons (Fsp3) is 0.259. The Labute approximate surface area is 199 Å². The van der Waals surface area contributed by atoms with Gasteiger partial charge >= 0.3 is 0 Å². The van der Waals surface area contributed by atoms with E-state index in [0.29, 0.717) is 42.6 Å². The topological polar surface area (TPSA) is 93.7 Å². The predicted molar refractivity (Wildman–Crippen MR) is 129 cm³/mol. The Bertz CT molecular complexity index is 1160. The van der Waals surface area contributed by atoms with Crippen molar-refractivity contribution >= 4 is 12.0 Å². The summed E-state index contributed by atoms with van der Waals surface area (Å²) < 4.78 is 22.7. The summed E-state index contributed by atoms with van der Waals surface area (Å²) >= 11 is 0. The van der Waals surface area contributed by atoms with Gasteiger partial charge in [-0.3, -0.25) is 4.79 Å². The van der Waals surface area contributed by atoms with Gasteiger partial charge in [0.1, 0.15) is 36.4 Å². The van der Waals surface area contributed by atoms with Gasteiger partial charge in [-0.05, 0) is 67.8 Å². The first kappa shape index (κ1) is 24.5. The van der Waals surface area contributed by atoms with Crippen LogP contribution in [0.5, 0.6) is 17.2 Å². The smallest absolute Gasteiger partial charge is 0.262 e. The molecule has 0 aliphatic carbocycles. The van der Waals surface area contributed by atoms with E-state index >= 15 is 0 Å². The second-order valence-corrected chi connectivity index (χ2v) is 7.49. The average Bonchev–Trinajstić information content (AvgIpc) is 3.35. The molecule has 0 atom stereocenters. The van der Waals surface area contributed by atoms with Crippen molar-refractivity contribution in [2.24, 2.45) is 0 Å². The van der Waals surface area contributed by atoms with Crippen LogP contribution in [0.1, 0.15) is 29.4 Å². The van der Waals surface area contributed by atoms with E-state index in [1.54, 1.807) is 30.3 Å². The number of benzene rings is 2. The second-order valence-electron chi connectivity index (χ2n) is 7.49. The lowest BCUT2D eigenvalue weighted by Crippen LogP contribution is -2.23. The number of aryl methyl sites for hydroxylation is 2. The minimum Gasteiger partial charge on any atom is -0.490 e. The van der Waals surface area contributed by atoms with Crippen LogP contribution in [0, 0.1) is 25.2 Å². The molecule has 0 aliphatic rings. The summed E-state index contributed by atoms with van der Waals surface area (Å²) in [5.41, 5.74) is 2.78. The van der Waals surface area contributed by atoms with E-state index in [9.17, 15) is 10.1 Å². The van der Waals surface area contributed by atoms with Crippen LogP contribution in [0.25, 0.3) is 6.08 Å². The van der Waals surface area contributed by atoms with Crippen LogP contribution >= 0.6 is 0 Å². The zero-order valence-corrected chi connectivity index (χ0v) is 19.6. The number of hydrogen-bond donors (Lipinski definition) is 1. The Hall–Kier alpha value is -4.18. The standard InChI is InChI=1S/C27H28N2O5/c1-4-31-25-16-21(15-22(17-28)27(30)29-18-23-9-6-12-32-23)10-11-24(25)33-13-14-34-26-19(2)7-5-8-20(26)3/h5-12,15-16H,4,13-14,18H2,1-3H3,(H,29,30)/b22-15+. The number of rotatable bonds is 11. The molecular weight excluding hydrogens is 432 g/mol. The van der Waals surface area contributed by atoms with Crippen molar-refractivity contribution < 1.29 is 23.4 Å². The lowest BCUT2D eigenvalue weighted by Gasteiger charge is -2.15. The average molecular weight is 461 g/mol. The van der Waals surface area contributed by atoms with Gasteiger partial charge in [-0.2, -0.15) is 5.26 Å². The highest BCUT2D eigenvalue weighted by Crippen LogP contribution is 2.30. The SMILES string of the molecule is CCOc1cc(/C=C(\C#N)C(=O)NCc2ccco2)ccc1OCCOc1c(C)cccc1C. The Morgan fingerprint density at radius 2 is 1.79 bits per heavy atom. The van der Waals surface area contributed by atoms with E-state index in [4.69, 9.17) is 18.6 Å². The summed E-state index contributed by atoms with van der Waals surface area (Å²) in [6, 6.07) is 16.7. The summed E-state index contributed by atoms with van der Waals surface area (Å²) in [5.74, 6) is 2.07. The van der Waals surface area contributed by atoms with Gasteiger partial charge in [-0.25, -0.2) is 0 Å². The zero-order chi connectivity index (χ0) is 24.3. The van der Waals surface area contributed by atoms with Gasteiger partial charge < -0.3 is 23.9 Å². The van der Waals surface area contributed by atoms with Crippen molar-refractivity contribution in [1.29, 1.82) is 5.26 Å². The van der Waals surface area contributed by atoms with Crippen molar-refractivity contribution in [1.82, 2.24) is 5.32 Å². The minimum atomic E-state index is -0.485. The molecule has 0 radical (unpaired) electrons. The van der Waals surface area contributed by atoms with E-state index < -0.39 is 5.91 Å². The molecule has 0 unspecified atom stereocenters. The normalized spacial score (nSPS) is 10.9. The number of hydrogen-bond acceptors (Lipinski definition) is 6. The molecule has 0 spiro atoms. The number of nitrogens with zero attached hydrogens (tertiary/aromatic N) is 1. The van der Waals surface area contributed by atoms with Crippen LogP contribution < -0.4 is 19.5 Å². The van der Waals surface area contributed by atoms with E-state index in [0.717, 1.165) is 16.9 Å². The first-order valence-corrected chi connectivity index (χ1v) is 11.0. The fourth-order valence-electron chi connectivity index (χ4n) is 3.32. The van der Waals surface area contributed by atoms with Crippen molar-refractivity contribution in [3.8, 4) is 23.3 Å². The number of carbonyl (C=O) groups is 1. The highest BCUT2D eigenvalue weighted by molar-refractivity contribution is 6.01. The van der Waals surface area contributed by atoms with Gasteiger partial charge in [-0.1, -0.05) is 24.3 Å². The summed E-state index contributed by atoms with van der Waals surface area (Å²) in [6.07, 6.45) is 3.03. The third-order valence-electron chi connectivity index (χ3n) is 4.94. The van der Waals surface area contributed by atoms with Gasteiger partial charge in [0, 0.05) is 0 Å². The Balaban J connectivity index is 1.64. The molecule has 7 nitrogen and oxygen atoms in total. The molecule has 34 heavy (non-hydrogen) atoms. The largest absolute Gasteiger partial charge is 0.490 e. The van der Waals surface area contributed by atoms with Crippen molar-refractivity contribution in [2.75, 3.05) is 19.8 Å². The molecule has 1 aromatic heterocycles. The number of amides is 1. The van der Waals surface area contributed by atoms with Crippen LogP contribution in [0.15, 0.2) is 64.8 Å². The third-order valence-corrected chi connectivity index (χ3v) is 4.94. The molecule has 0 aliphatic heterocycles. The maximum Gasteiger partial charge on any atom is 0.262 e. The van der Waals surface area contributed by atoms with Crippen molar-refractivity contribution in [2.45, 2.75) is 27.3 Å². The lowest BCUT2D eigenvalue weighted by molar-refractivity contribution is -0.117. The molecule has 1 amide bonds. The maximum absolute atomic E-state index is 12.4. The quantitative estimate of drug-likeness (QED) is 0.247. The zero-order valence-electron chi connectivity index (χ0n) is 19.6. The molecule has 0 saturated carbocycles. The van der Waals surface area contributed by atoms with Crippen LogP contribution in [0.3, 0.4) is 0 Å². The molecule has 1 N–H and O–H groups in total. The Morgan fingerprint density at radius 3 is 2.47 bits per heavy atom. The number of carbonyl (C=O) groups excluding carboxylic acids is 1. The number of furan rings is 1. The van der Waals surface area contributed by atoms with Gasteiger partial charge in [-0.15, -0.1) is 0 Å². The van der Waals surface area contributed by atoms with Crippen LogP contribution in [0.4, 0.5) is 0 Å². The highest BCUT2D eigenvalue weighted by Gasteiger charge is 2.12. The van der Waals surface area contributed by atoms with E-state index in [2.05, 4.69) is 5.32 Å². The molecule has 7 heteroatoms. The molecule has 0 fully saturated rings. The lowest BCUT2D eigenvalue weighted by atomic mass is 10.1. The predicted octanol–water partition coefficient (Wildman–Crippen LogP) is 4.98. The molecule has 0 saturated heterocycles. The van der Waals surface area contributed by atoms with Gasteiger partial charge in [0.25, 0.3) is 5.91 Å². The summed E-state index contributed by atoms with van der Waals surface area (Å²) in [6.45, 7) is 7.25. The number of ether oxygens (including phenoxy) is 3. The first-order valence-electron chi connectivity index (χ1n) is 11.0. The first-order chi connectivity index (χ1) is 16.5. The third kappa shape index (κ3) is 6.66. The molecular formula is C27H28N2O5. The van der Waals surface area contributed by atoms with Crippen LogP contribution in [-0.2, 0) is 11.3 Å². The highest BCUT2D eigenvalue weighted by atomic mass is 16.5. The monoisotopic (exact) mass is 460 g/mol. The maximum atomic E-state index is 12.4. The van der Waals surface area contributed by atoms with Crippen LogP contribution in [0.2, 0.25) is 0 Å². The van der Waals surface area contributed by atoms with Gasteiger partial charge in [0.15, 0.2) is 11.5 Å². The summed E-state index contributed by atoms with van der Waals surface area (Å²) in [4.78, 5) is 12.4. The number of para-hydroxylation sites is 1. The summed E-state index contributed by atoms with van der Waals surface area (Å²) in [7, 11) is 0. The Morgan fingerprint density at radius 1 is 1.03 bits per heavy atom. The molecule has 2 aromatic carbocycles. The van der Waals surface area contributed by atoms with Crippen LogP contribution in [-0.4, -0.2) is 25.7 Å². The number of nitriles is 1.